The van der Waals surface area contributed by atoms with E-state index in [1.165, 1.54) is 0 Å². The van der Waals surface area contributed by atoms with E-state index in [-0.39, 0.29) is 18.0 Å². The molecule has 4 nitrogen and oxygen atoms in total. The fourth-order valence-corrected chi connectivity index (χ4v) is 3.18. The molecule has 0 amide bonds. The fourth-order valence-electron chi connectivity index (χ4n) is 3.18. The molecule has 0 aromatic rings. The zero-order chi connectivity index (χ0) is 15.7. The van der Waals surface area contributed by atoms with Gasteiger partial charge in [-0.1, -0.05) is 13.8 Å². The molecule has 2 aliphatic carbocycles. The Morgan fingerprint density at radius 2 is 1.10 bits per heavy atom. The van der Waals surface area contributed by atoms with Crippen molar-refractivity contribution in [3.8, 4) is 0 Å². The number of rotatable bonds is 4. The van der Waals surface area contributed by atoms with Crippen molar-refractivity contribution in [3.63, 3.8) is 0 Å². The van der Waals surface area contributed by atoms with Crippen LogP contribution in [-0.4, -0.2) is 38.5 Å². The van der Waals surface area contributed by atoms with Crippen LogP contribution in [0.2, 0.25) is 0 Å². The van der Waals surface area contributed by atoms with Crippen LogP contribution in [0.5, 0.6) is 0 Å². The summed E-state index contributed by atoms with van der Waals surface area (Å²) >= 11 is 0. The first kappa shape index (κ1) is 18.4. The maximum atomic E-state index is 12.1. The van der Waals surface area contributed by atoms with Gasteiger partial charge < -0.3 is 14.2 Å². The molecule has 0 bridgehead atoms. The lowest BCUT2D eigenvalue weighted by Gasteiger charge is -2.30. The summed E-state index contributed by atoms with van der Waals surface area (Å²) in [7, 11) is 3.50. The molecule has 4 heteroatoms. The van der Waals surface area contributed by atoms with Gasteiger partial charge in [0.05, 0.1) is 18.1 Å². The Kier molecular flexibility index (Phi) is 8.93. The van der Waals surface area contributed by atoms with Crippen molar-refractivity contribution >= 4 is 5.97 Å². The summed E-state index contributed by atoms with van der Waals surface area (Å²) in [6, 6.07) is 0. The van der Waals surface area contributed by atoms with E-state index in [1.807, 2.05) is 13.8 Å². The molecule has 0 N–H and O–H groups in total. The smallest absolute Gasteiger partial charge is 0.309 e. The first-order valence-electron chi connectivity index (χ1n) is 8.49. The molecule has 0 aromatic carbocycles. The number of hydrogen-bond donors (Lipinski definition) is 0. The van der Waals surface area contributed by atoms with E-state index in [2.05, 4.69) is 0 Å². The lowest BCUT2D eigenvalue weighted by atomic mass is 9.87. The molecule has 0 aliphatic heterocycles. The minimum absolute atomic E-state index is 0.00965. The Bertz CT molecular complexity index is 277. The Balaban J connectivity index is 0.00000106. The van der Waals surface area contributed by atoms with Gasteiger partial charge in [-0.05, 0) is 51.4 Å². The summed E-state index contributed by atoms with van der Waals surface area (Å²) in [6.45, 7) is 4.00. The van der Waals surface area contributed by atoms with Crippen LogP contribution in [0, 0.1) is 5.92 Å². The Morgan fingerprint density at radius 3 is 1.52 bits per heavy atom. The summed E-state index contributed by atoms with van der Waals surface area (Å²) in [5, 5.41) is 0. The monoisotopic (exact) mass is 300 g/mol. The molecule has 0 unspecified atom stereocenters. The molecule has 0 saturated heterocycles. The van der Waals surface area contributed by atoms with Crippen molar-refractivity contribution in [3.05, 3.63) is 0 Å². The van der Waals surface area contributed by atoms with Gasteiger partial charge >= 0.3 is 5.97 Å². The maximum Gasteiger partial charge on any atom is 0.309 e. The zero-order valence-electron chi connectivity index (χ0n) is 14.1. The molecule has 0 radical (unpaired) electrons. The van der Waals surface area contributed by atoms with Gasteiger partial charge in [0.15, 0.2) is 0 Å². The highest BCUT2D eigenvalue weighted by Crippen LogP contribution is 2.29. The number of carbonyl (C=O) groups excluding carboxylic acids is 1. The van der Waals surface area contributed by atoms with Crippen LogP contribution in [0.15, 0.2) is 0 Å². The molecule has 124 valence electrons. The van der Waals surface area contributed by atoms with Crippen molar-refractivity contribution in [2.24, 2.45) is 5.92 Å². The Hall–Kier alpha value is -0.610. The molecule has 2 saturated carbocycles. The molecule has 0 heterocycles. The minimum atomic E-state index is 0.00965. The minimum Gasteiger partial charge on any atom is -0.462 e. The van der Waals surface area contributed by atoms with Crippen molar-refractivity contribution in [1.82, 2.24) is 0 Å². The average Bonchev–Trinajstić information content (AvgIpc) is 2.57. The SMILES string of the molecule is CC.COC1CCC(OC(=O)C2CCC(OC)CC2)CC1. The van der Waals surface area contributed by atoms with E-state index in [4.69, 9.17) is 14.2 Å². The third-order valence-electron chi connectivity index (χ3n) is 4.58. The fraction of sp³-hybridized carbons (Fsp3) is 0.941. The van der Waals surface area contributed by atoms with E-state index in [0.717, 1.165) is 51.4 Å². The second-order valence-corrected chi connectivity index (χ2v) is 5.78. The van der Waals surface area contributed by atoms with Gasteiger partial charge in [0, 0.05) is 14.2 Å². The first-order valence-corrected chi connectivity index (χ1v) is 8.49. The Labute approximate surface area is 129 Å². The highest BCUT2D eigenvalue weighted by Gasteiger charge is 2.30. The Morgan fingerprint density at radius 1 is 0.714 bits per heavy atom. The topological polar surface area (TPSA) is 44.8 Å². The lowest BCUT2D eigenvalue weighted by Crippen LogP contribution is -2.32. The molecule has 21 heavy (non-hydrogen) atoms. The standard InChI is InChI=1S/C15H26O4.C2H6/c1-17-12-5-3-11(4-6-12)15(16)19-14-9-7-13(18-2)8-10-14;1-2/h11-14H,3-10H2,1-2H3;1-2H3. The molecule has 0 atom stereocenters. The van der Waals surface area contributed by atoms with Gasteiger partial charge in [0.25, 0.3) is 0 Å². The van der Waals surface area contributed by atoms with Gasteiger partial charge in [0.1, 0.15) is 6.10 Å². The van der Waals surface area contributed by atoms with Crippen molar-refractivity contribution in [2.75, 3.05) is 14.2 Å². The molecule has 0 aromatic heterocycles. The molecular weight excluding hydrogens is 268 g/mol. The number of ether oxygens (including phenoxy) is 3. The van der Waals surface area contributed by atoms with E-state index >= 15 is 0 Å². The van der Waals surface area contributed by atoms with Crippen LogP contribution in [0.1, 0.15) is 65.2 Å². The van der Waals surface area contributed by atoms with Crippen molar-refractivity contribution < 1.29 is 19.0 Å². The van der Waals surface area contributed by atoms with Gasteiger partial charge in [-0.3, -0.25) is 4.79 Å². The predicted molar refractivity (Wildman–Crippen MR) is 83.2 cm³/mol. The highest BCUT2D eigenvalue weighted by atomic mass is 16.5. The van der Waals surface area contributed by atoms with E-state index < -0.39 is 0 Å². The summed E-state index contributed by atoms with van der Waals surface area (Å²) in [5.74, 6) is 0.0990. The molecule has 0 spiro atoms. The van der Waals surface area contributed by atoms with Crippen LogP contribution in [-0.2, 0) is 19.0 Å². The quantitative estimate of drug-likeness (QED) is 0.742. The van der Waals surface area contributed by atoms with E-state index in [0.29, 0.717) is 12.2 Å². The largest absolute Gasteiger partial charge is 0.462 e. The van der Waals surface area contributed by atoms with Gasteiger partial charge in [0.2, 0.25) is 0 Å². The van der Waals surface area contributed by atoms with Crippen LogP contribution in [0.3, 0.4) is 0 Å². The highest BCUT2D eigenvalue weighted by molar-refractivity contribution is 5.72. The van der Waals surface area contributed by atoms with Crippen molar-refractivity contribution in [2.45, 2.75) is 83.5 Å². The van der Waals surface area contributed by atoms with Gasteiger partial charge in [-0.15, -0.1) is 0 Å². The van der Waals surface area contributed by atoms with Gasteiger partial charge in [-0.2, -0.15) is 0 Å². The first-order chi connectivity index (χ1) is 10.2. The predicted octanol–water partition coefficient (Wildman–Crippen LogP) is 3.72. The number of methoxy groups -OCH3 is 2. The lowest BCUT2D eigenvalue weighted by molar-refractivity contribution is -0.158. The normalized spacial score (nSPS) is 32.8. The number of carbonyl (C=O) groups is 1. The second kappa shape index (κ2) is 10.2. The van der Waals surface area contributed by atoms with E-state index in [9.17, 15) is 4.79 Å². The second-order valence-electron chi connectivity index (χ2n) is 5.78. The third-order valence-corrected chi connectivity index (χ3v) is 4.58. The number of hydrogen-bond acceptors (Lipinski definition) is 4. The van der Waals surface area contributed by atoms with E-state index in [1.54, 1.807) is 14.2 Å². The third kappa shape index (κ3) is 5.95. The van der Waals surface area contributed by atoms with Crippen LogP contribution >= 0.6 is 0 Å². The zero-order valence-corrected chi connectivity index (χ0v) is 14.1. The summed E-state index contributed by atoms with van der Waals surface area (Å²) in [5.41, 5.74) is 0. The summed E-state index contributed by atoms with van der Waals surface area (Å²) in [6.07, 6.45) is 8.47. The van der Waals surface area contributed by atoms with Crippen LogP contribution < -0.4 is 0 Å². The maximum absolute atomic E-state index is 12.1. The van der Waals surface area contributed by atoms with Crippen LogP contribution in [0.4, 0.5) is 0 Å². The number of esters is 1. The molecule has 2 fully saturated rings. The molecule has 2 aliphatic rings. The van der Waals surface area contributed by atoms with Crippen molar-refractivity contribution in [1.29, 1.82) is 0 Å². The summed E-state index contributed by atoms with van der Waals surface area (Å²) in [4.78, 5) is 12.1. The van der Waals surface area contributed by atoms with Gasteiger partial charge in [-0.25, -0.2) is 0 Å². The molecule has 2 rings (SSSR count). The average molecular weight is 300 g/mol. The summed E-state index contributed by atoms with van der Waals surface area (Å²) < 4.78 is 16.3. The molecular formula is C17H32O4. The van der Waals surface area contributed by atoms with Crippen LogP contribution in [0.25, 0.3) is 0 Å².